The van der Waals surface area contributed by atoms with Crippen molar-refractivity contribution in [1.29, 1.82) is 0 Å². The zero-order valence-corrected chi connectivity index (χ0v) is 34.0. The summed E-state index contributed by atoms with van der Waals surface area (Å²) < 4.78 is 30.0. The van der Waals surface area contributed by atoms with Gasteiger partial charge in [-0.15, -0.1) is 0 Å². The number of hydrogen-bond acceptors (Lipinski definition) is 4. The zero-order chi connectivity index (χ0) is 36.2. The molecule has 51 heavy (non-hydrogen) atoms. The molecule has 0 N–H and O–H groups in total. The van der Waals surface area contributed by atoms with Crippen LogP contribution in [0, 0.1) is 41.5 Å². The summed E-state index contributed by atoms with van der Waals surface area (Å²) in [5, 5.41) is 6.00. The summed E-state index contributed by atoms with van der Waals surface area (Å²) in [6.45, 7) is 12.6. The maximum absolute atomic E-state index is 8.11. The summed E-state index contributed by atoms with van der Waals surface area (Å²) in [7, 11) is -7.29. The Kier molecular flexibility index (Phi) is 10.9. The van der Waals surface area contributed by atoms with E-state index in [2.05, 4.69) is 187 Å². The predicted octanol–water partition coefficient (Wildman–Crippen LogP) is 5.93. The van der Waals surface area contributed by atoms with E-state index in [1.54, 1.807) is 14.2 Å². The van der Waals surface area contributed by atoms with Gasteiger partial charge in [-0.3, -0.25) is 0 Å². The van der Waals surface area contributed by atoms with Gasteiger partial charge < -0.3 is 17.1 Å². The molecule has 0 radical (unpaired) electrons. The minimum Gasteiger partial charge on any atom is -0.401 e. The molecule has 6 rings (SSSR count). The lowest BCUT2D eigenvalue weighted by molar-refractivity contribution is 0.270. The standard InChI is InChI=1S/C44H48O4Si3/c1-33-9-21-39(22-10-33)49(45-7,40-23-11-34(2)12-24-40)47-51(43-29-17-37(5)18-30-43,44-31-19-38(6)20-32-44)48-50(46-8,41-25-13-35(3)14-26-41)42-27-15-36(4)16-28-42/h9-32H,1-8H3. The lowest BCUT2D eigenvalue weighted by Gasteiger charge is -2.45. The fraction of sp³-hybridized carbons (Fsp3) is 0.182. The number of rotatable bonds is 12. The quantitative estimate of drug-likeness (QED) is 0.147. The van der Waals surface area contributed by atoms with Crippen molar-refractivity contribution in [1.82, 2.24) is 0 Å². The van der Waals surface area contributed by atoms with Crippen LogP contribution in [0.2, 0.25) is 0 Å². The number of hydrogen-bond donors (Lipinski definition) is 0. The van der Waals surface area contributed by atoms with Crippen LogP contribution in [0.25, 0.3) is 0 Å². The molecule has 0 heterocycles. The van der Waals surface area contributed by atoms with E-state index in [-0.39, 0.29) is 0 Å². The van der Waals surface area contributed by atoms with E-state index >= 15 is 0 Å². The van der Waals surface area contributed by atoms with E-state index in [1.807, 2.05) is 0 Å². The van der Waals surface area contributed by atoms with E-state index in [4.69, 9.17) is 17.1 Å². The SMILES string of the molecule is CO[Si](O[Si](O[Si](OC)(c1ccc(C)cc1)c1ccc(C)cc1)(c1ccc(C)cc1)c1ccc(C)cc1)(c1ccc(C)cc1)c1ccc(C)cc1. The van der Waals surface area contributed by atoms with Gasteiger partial charge in [0, 0.05) is 14.2 Å². The van der Waals surface area contributed by atoms with Gasteiger partial charge in [-0.2, -0.15) is 0 Å². The minimum atomic E-state index is -3.82. The van der Waals surface area contributed by atoms with Crippen molar-refractivity contribution in [3.8, 4) is 0 Å². The Morgan fingerprint density at radius 2 is 0.412 bits per heavy atom. The first-order valence-corrected chi connectivity index (χ1v) is 22.9. The van der Waals surface area contributed by atoms with Gasteiger partial charge in [-0.05, 0) is 72.7 Å². The molecule has 6 aromatic rings. The molecule has 260 valence electrons. The van der Waals surface area contributed by atoms with Crippen molar-refractivity contribution in [3.63, 3.8) is 0 Å². The smallest absolute Gasteiger partial charge is 0.398 e. The van der Waals surface area contributed by atoms with Crippen molar-refractivity contribution < 1.29 is 17.1 Å². The second-order valence-corrected chi connectivity index (χ2v) is 23.3. The molecule has 0 aromatic heterocycles. The van der Waals surface area contributed by atoms with Crippen molar-refractivity contribution in [2.45, 2.75) is 41.5 Å². The Balaban J connectivity index is 1.74. The Labute approximate surface area is 307 Å². The highest BCUT2D eigenvalue weighted by Crippen LogP contribution is 2.25. The third-order valence-electron chi connectivity index (χ3n) is 9.74. The van der Waals surface area contributed by atoms with Crippen LogP contribution >= 0.6 is 0 Å². The average Bonchev–Trinajstić information content (AvgIpc) is 3.14. The summed E-state index contributed by atoms with van der Waals surface area (Å²) in [6, 6.07) is 51.8. The summed E-state index contributed by atoms with van der Waals surface area (Å²) in [4.78, 5) is 0. The van der Waals surface area contributed by atoms with Crippen molar-refractivity contribution >= 4 is 56.8 Å². The lowest BCUT2D eigenvalue weighted by Crippen LogP contribution is -2.80. The maximum Gasteiger partial charge on any atom is 0.398 e. The average molecular weight is 725 g/mol. The Hall–Kier alpha value is -4.19. The molecule has 0 atom stereocenters. The molecule has 0 aliphatic rings. The fourth-order valence-corrected chi connectivity index (χ4v) is 20.4. The molecule has 0 spiro atoms. The van der Waals surface area contributed by atoms with Gasteiger partial charge in [0.15, 0.2) is 0 Å². The summed E-state index contributed by atoms with van der Waals surface area (Å²) in [5.41, 5.74) is 6.99. The van der Waals surface area contributed by atoms with Crippen LogP contribution in [0.5, 0.6) is 0 Å². The van der Waals surface area contributed by atoms with E-state index in [1.165, 1.54) is 22.3 Å². The van der Waals surface area contributed by atoms with Gasteiger partial charge >= 0.3 is 25.7 Å². The molecule has 6 aromatic carbocycles. The third-order valence-corrected chi connectivity index (χ3v) is 22.0. The van der Waals surface area contributed by atoms with Gasteiger partial charge in [0.1, 0.15) is 0 Å². The van der Waals surface area contributed by atoms with Gasteiger partial charge in [-0.1, -0.05) is 179 Å². The van der Waals surface area contributed by atoms with Gasteiger partial charge in [-0.25, -0.2) is 0 Å². The van der Waals surface area contributed by atoms with Crippen molar-refractivity contribution in [3.05, 3.63) is 179 Å². The largest absolute Gasteiger partial charge is 0.401 e. The monoisotopic (exact) mass is 724 g/mol. The molecule has 7 heteroatoms. The van der Waals surface area contributed by atoms with Crippen LogP contribution in [0.15, 0.2) is 146 Å². The number of benzene rings is 6. The van der Waals surface area contributed by atoms with E-state index in [0.717, 1.165) is 42.2 Å². The topological polar surface area (TPSA) is 36.9 Å². The number of aryl methyl sites for hydroxylation is 6. The van der Waals surface area contributed by atoms with E-state index in [9.17, 15) is 0 Å². The molecule has 0 saturated carbocycles. The fourth-order valence-electron chi connectivity index (χ4n) is 6.59. The minimum absolute atomic E-state index is 0.984. The normalized spacial score (nSPS) is 12.2. The first-order chi connectivity index (χ1) is 24.5. The molecule has 0 fully saturated rings. The molecule has 0 amide bonds. The second-order valence-electron chi connectivity index (χ2n) is 13.7. The second kappa shape index (κ2) is 15.2. The molecule has 0 aliphatic heterocycles. The van der Waals surface area contributed by atoms with Gasteiger partial charge in [0.2, 0.25) is 0 Å². The van der Waals surface area contributed by atoms with Gasteiger partial charge in [0.25, 0.3) is 0 Å². The molecular formula is C44H48O4Si3. The summed E-state index contributed by atoms with van der Waals surface area (Å²) in [5.74, 6) is 0. The zero-order valence-electron chi connectivity index (χ0n) is 31.0. The Bertz CT molecular complexity index is 1800. The third kappa shape index (κ3) is 7.29. The maximum atomic E-state index is 8.11. The predicted molar refractivity (Wildman–Crippen MR) is 218 cm³/mol. The Morgan fingerprint density at radius 3 is 0.569 bits per heavy atom. The van der Waals surface area contributed by atoms with E-state index < -0.39 is 25.7 Å². The van der Waals surface area contributed by atoms with E-state index in [0.29, 0.717) is 0 Å². The van der Waals surface area contributed by atoms with Crippen LogP contribution in [0.4, 0.5) is 0 Å². The summed E-state index contributed by atoms with van der Waals surface area (Å²) in [6.07, 6.45) is 0. The van der Waals surface area contributed by atoms with Crippen LogP contribution in [0.3, 0.4) is 0 Å². The van der Waals surface area contributed by atoms with Crippen LogP contribution in [0.1, 0.15) is 33.4 Å². The molecular weight excluding hydrogens is 677 g/mol. The first kappa shape index (κ1) is 36.6. The highest BCUT2D eigenvalue weighted by molar-refractivity contribution is 7.09. The highest BCUT2D eigenvalue weighted by atomic mass is 28.5. The molecule has 0 aliphatic carbocycles. The highest BCUT2D eigenvalue weighted by Gasteiger charge is 2.59. The Morgan fingerprint density at radius 1 is 0.255 bits per heavy atom. The summed E-state index contributed by atoms with van der Waals surface area (Å²) >= 11 is 0. The van der Waals surface area contributed by atoms with Gasteiger partial charge in [0.05, 0.1) is 0 Å². The van der Waals surface area contributed by atoms with Crippen LogP contribution in [-0.4, -0.2) is 39.9 Å². The molecule has 0 saturated heterocycles. The lowest BCUT2D eigenvalue weighted by atomic mass is 10.2. The molecule has 4 nitrogen and oxygen atoms in total. The van der Waals surface area contributed by atoms with Crippen LogP contribution in [-0.2, 0) is 17.1 Å². The molecule has 0 unspecified atom stereocenters. The van der Waals surface area contributed by atoms with Crippen molar-refractivity contribution in [2.75, 3.05) is 14.2 Å². The van der Waals surface area contributed by atoms with Crippen molar-refractivity contribution in [2.24, 2.45) is 0 Å². The van der Waals surface area contributed by atoms with Crippen LogP contribution < -0.4 is 31.1 Å². The molecule has 0 bridgehead atoms. The first-order valence-electron chi connectivity index (χ1n) is 17.5.